The van der Waals surface area contributed by atoms with Gasteiger partial charge in [-0.2, -0.15) is 0 Å². The van der Waals surface area contributed by atoms with Gasteiger partial charge in [-0.1, -0.05) is 11.8 Å². The third-order valence-electron chi connectivity index (χ3n) is 1.43. The van der Waals surface area contributed by atoms with E-state index >= 15 is 0 Å². The summed E-state index contributed by atoms with van der Waals surface area (Å²) >= 11 is 1.16. The predicted octanol–water partition coefficient (Wildman–Crippen LogP) is 2.74. The van der Waals surface area contributed by atoms with E-state index < -0.39 is 12.3 Å². The van der Waals surface area contributed by atoms with Crippen molar-refractivity contribution in [3.8, 4) is 0 Å². The van der Waals surface area contributed by atoms with E-state index in [1.165, 1.54) is 13.8 Å². The molecular formula is C8H14F2OS. The maximum Gasteiger partial charge on any atom is 0.185 e. The van der Waals surface area contributed by atoms with E-state index in [9.17, 15) is 13.6 Å². The zero-order chi connectivity index (χ0) is 9.56. The number of carbonyl (C=O) groups is 1. The Bertz CT molecular complexity index is 139. The van der Waals surface area contributed by atoms with Gasteiger partial charge in [0.25, 0.3) is 0 Å². The Morgan fingerprint density at radius 2 is 2.08 bits per heavy atom. The summed E-state index contributed by atoms with van der Waals surface area (Å²) in [6, 6.07) is 0. The maximum absolute atomic E-state index is 12.6. The minimum atomic E-state index is -1.40. The largest absolute Gasteiger partial charge is 0.288 e. The summed E-state index contributed by atoms with van der Waals surface area (Å²) in [5.74, 6) is 0.586. The Morgan fingerprint density at radius 3 is 2.50 bits per heavy atom. The fourth-order valence-corrected chi connectivity index (χ4v) is 1.32. The smallest absolute Gasteiger partial charge is 0.185 e. The number of hydrogen-bond donors (Lipinski definition) is 0. The van der Waals surface area contributed by atoms with Gasteiger partial charge >= 0.3 is 0 Å². The minimum absolute atomic E-state index is 0.0266. The zero-order valence-electron chi connectivity index (χ0n) is 7.35. The van der Waals surface area contributed by atoms with Gasteiger partial charge in [0, 0.05) is 12.7 Å². The van der Waals surface area contributed by atoms with Crippen molar-refractivity contribution >= 4 is 16.9 Å². The number of thioether (sulfide) groups is 1. The molecule has 0 rings (SSSR count). The van der Waals surface area contributed by atoms with Gasteiger partial charge in [-0.05, 0) is 19.8 Å². The number of carbonyl (C=O) groups excluding carboxylic acids is 1. The van der Waals surface area contributed by atoms with Crippen LogP contribution in [0.5, 0.6) is 0 Å². The molecule has 0 radical (unpaired) electrons. The van der Waals surface area contributed by atoms with Gasteiger partial charge in [-0.15, -0.1) is 0 Å². The predicted molar refractivity (Wildman–Crippen MR) is 47.8 cm³/mol. The summed E-state index contributed by atoms with van der Waals surface area (Å²) in [5.41, 5.74) is 0. The molecule has 2 unspecified atom stereocenters. The van der Waals surface area contributed by atoms with Gasteiger partial charge in [-0.3, -0.25) is 4.79 Å². The minimum Gasteiger partial charge on any atom is -0.288 e. The van der Waals surface area contributed by atoms with E-state index in [4.69, 9.17) is 0 Å². The second-order valence-corrected chi connectivity index (χ2v) is 3.95. The lowest BCUT2D eigenvalue weighted by molar-refractivity contribution is -0.109. The number of rotatable bonds is 5. The lowest BCUT2D eigenvalue weighted by atomic mass is 10.2. The first-order valence-corrected chi connectivity index (χ1v) is 4.94. The summed E-state index contributed by atoms with van der Waals surface area (Å²) < 4.78 is 24.8. The van der Waals surface area contributed by atoms with E-state index in [1.54, 1.807) is 0 Å². The molecule has 0 spiro atoms. The first-order chi connectivity index (χ1) is 5.54. The summed E-state index contributed by atoms with van der Waals surface area (Å²) in [7, 11) is 0. The van der Waals surface area contributed by atoms with Crippen molar-refractivity contribution in [1.82, 2.24) is 0 Å². The van der Waals surface area contributed by atoms with Crippen LogP contribution in [-0.2, 0) is 4.79 Å². The third-order valence-corrected chi connectivity index (χ3v) is 2.33. The number of hydrogen-bond acceptors (Lipinski definition) is 2. The van der Waals surface area contributed by atoms with Crippen LogP contribution in [-0.4, -0.2) is 23.2 Å². The van der Waals surface area contributed by atoms with E-state index in [0.717, 1.165) is 11.8 Å². The molecule has 0 N–H and O–H groups in total. The Morgan fingerprint density at radius 1 is 1.50 bits per heavy atom. The fraction of sp³-hybridized carbons (Fsp3) is 0.875. The van der Waals surface area contributed by atoms with Crippen LogP contribution in [0, 0.1) is 0 Å². The molecule has 0 aromatic carbocycles. The van der Waals surface area contributed by atoms with Gasteiger partial charge in [0.2, 0.25) is 0 Å². The van der Waals surface area contributed by atoms with Crippen LogP contribution in [0.2, 0.25) is 0 Å². The second-order valence-electron chi connectivity index (χ2n) is 2.68. The molecule has 12 heavy (non-hydrogen) atoms. The lowest BCUT2D eigenvalue weighted by Gasteiger charge is -2.07. The van der Waals surface area contributed by atoms with Crippen molar-refractivity contribution in [1.29, 1.82) is 0 Å². The molecule has 0 aliphatic rings. The molecule has 0 saturated heterocycles. The number of halogens is 2. The summed E-state index contributed by atoms with van der Waals surface area (Å²) in [5, 5.41) is 0.0266. The average Bonchev–Trinajstić information content (AvgIpc) is 1.97. The Balaban J connectivity index is 3.25. The van der Waals surface area contributed by atoms with Crippen LogP contribution in [0.15, 0.2) is 0 Å². The summed E-state index contributed by atoms with van der Waals surface area (Å²) in [6.45, 7) is 2.68. The molecule has 0 aliphatic heterocycles. The molecule has 72 valence electrons. The topological polar surface area (TPSA) is 17.1 Å². The van der Waals surface area contributed by atoms with Crippen LogP contribution in [0.25, 0.3) is 0 Å². The highest BCUT2D eigenvalue weighted by atomic mass is 32.2. The van der Waals surface area contributed by atoms with Gasteiger partial charge in [0.15, 0.2) is 5.12 Å². The van der Waals surface area contributed by atoms with Gasteiger partial charge in [0.05, 0.1) is 0 Å². The SMILES string of the molecule is CC(=O)SCCCC(F)C(C)F. The van der Waals surface area contributed by atoms with Crippen LogP contribution in [0.3, 0.4) is 0 Å². The van der Waals surface area contributed by atoms with Crippen molar-refractivity contribution in [2.75, 3.05) is 5.75 Å². The van der Waals surface area contributed by atoms with Crippen molar-refractivity contribution in [2.45, 2.75) is 39.0 Å². The van der Waals surface area contributed by atoms with Gasteiger partial charge in [0.1, 0.15) is 12.3 Å². The fourth-order valence-electron chi connectivity index (χ4n) is 0.724. The molecular weight excluding hydrogens is 182 g/mol. The molecule has 4 heteroatoms. The monoisotopic (exact) mass is 196 g/mol. The van der Waals surface area contributed by atoms with E-state index in [0.29, 0.717) is 12.2 Å². The van der Waals surface area contributed by atoms with Crippen molar-refractivity contribution in [2.24, 2.45) is 0 Å². The summed E-state index contributed by atoms with van der Waals surface area (Å²) in [6.07, 6.45) is -2.01. The molecule has 0 heterocycles. The van der Waals surface area contributed by atoms with Crippen molar-refractivity contribution < 1.29 is 13.6 Å². The highest BCUT2D eigenvalue weighted by Crippen LogP contribution is 2.13. The zero-order valence-corrected chi connectivity index (χ0v) is 8.16. The first kappa shape index (κ1) is 11.9. The van der Waals surface area contributed by atoms with Gasteiger partial charge < -0.3 is 0 Å². The molecule has 2 atom stereocenters. The normalized spacial score (nSPS) is 15.7. The van der Waals surface area contributed by atoms with Crippen molar-refractivity contribution in [3.63, 3.8) is 0 Å². The molecule has 0 aliphatic carbocycles. The molecule has 1 nitrogen and oxygen atoms in total. The molecule has 0 aromatic rings. The number of alkyl halides is 2. The summed E-state index contributed by atoms with van der Waals surface area (Å²) in [4.78, 5) is 10.4. The van der Waals surface area contributed by atoms with Crippen LogP contribution >= 0.6 is 11.8 Å². The van der Waals surface area contributed by atoms with E-state index in [2.05, 4.69) is 0 Å². The highest BCUT2D eigenvalue weighted by Gasteiger charge is 2.13. The Kier molecular flexibility index (Phi) is 6.34. The third kappa shape index (κ3) is 6.58. The standard InChI is InChI=1S/C8H14F2OS/c1-6(9)8(10)4-3-5-12-7(2)11/h6,8H,3-5H2,1-2H3. The van der Waals surface area contributed by atoms with Crippen LogP contribution in [0.1, 0.15) is 26.7 Å². The van der Waals surface area contributed by atoms with Crippen LogP contribution < -0.4 is 0 Å². The molecule has 0 aromatic heterocycles. The lowest BCUT2D eigenvalue weighted by Crippen LogP contribution is -2.13. The molecule has 0 amide bonds. The molecule has 0 saturated carbocycles. The molecule has 0 fully saturated rings. The first-order valence-electron chi connectivity index (χ1n) is 3.95. The quantitative estimate of drug-likeness (QED) is 0.629. The second kappa shape index (κ2) is 6.40. The maximum atomic E-state index is 12.6. The average molecular weight is 196 g/mol. The van der Waals surface area contributed by atoms with Crippen molar-refractivity contribution in [3.05, 3.63) is 0 Å². The van der Waals surface area contributed by atoms with E-state index in [1.807, 2.05) is 0 Å². The molecule has 0 bridgehead atoms. The van der Waals surface area contributed by atoms with Crippen LogP contribution in [0.4, 0.5) is 8.78 Å². The van der Waals surface area contributed by atoms with E-state index in [-0.39, 0.29) is 11.5 Å². The Labute approximate surface area is 75.9 Å². The Hall–Kier alpha value is -0.120. The highest BCUT2D eigenvalue weighted by molar-refractivity contribution is 8.13. The van der Waals surface area contributed by atoms with Gasteiger partial charge in [-0.25, -0.2) is 8.78 Å².